The lowest BCUT2D eigenvalue weighted by molar-refractivity contribution is -0.137. The second kappa shape index (κ2) is 14.0. The van der Waals surface area contributed by atoms with E-state index < -0.39 is 29.1 Å². The van der Waals surface area contributed by atoms with Crippen molar-refractivity contribution in [3.05, 3.63) is 62.7 Å². The van der Waals surface area contributed by atoms with Crippen LogP contribution in [-0.4, -0.2) is 78.5 Å². The number of aromatic nitrogens is 4. The predicted octanol–water partition coefficient (Wildman–Crippen LogP) is 6.04. The molecule has 5 heterocycles. The van der Waals surface area contributed by atoms with Crippen LogP contribution < -0.4 is 16.3 Å². The molecule has 2 unspecified atom stereocenters. The molecule has 3 aliphatic rings. The Morgan fingerprint density at radius 2 is 1.83 bits per heavy atom. The Labute approximate surface area is 279 Å². The number of aromatic amines is 1. The number of carbonyl (C=O) groups excluding carboxylic acids is 1. The number of allylic oxidation sites excluding steroid dienone is 1. The summed E-state index contributed by atoms with van der Waals surface area (Å²) in [7, 11) is 0. The zero-order valence-electron chi connectivity index (χ0n) is 27.0. The minimum atomic E-state index is -4.58. The van der Waals surface area contributed by atoms with Crippen molar-refractivity contribution in [1.82, 2.24) is 24.4 Å². The number of nitrogens with one attached hydrogen (secondary N) is 1. The number of piperazine rings is 1. The predicted molar refractivity (Wildman–Crippen MR) is 180 cm³/mol. The Kier molecular flexibility index (Phi) is 10.3. The Morgan fingerprint density at radius 1 is 1.11 bits per heavy atom. The summed E-state index contributed by atoms with van der Waals surface area (Å²) in [5, 5.41) is 0.330. The van der Waals surface area contributed by atoms with Crippen LogP contribution >= 0.6 is 23.5 Å². The van der Waals surface area contributed by atoms with Crippen LogP contribution in [0.1, 0.15) is 58.6 Å². The summed E-state index contributed by atoms with van der Waals surface area (Å²) in [6, 6.07) is 2.24. The van der Waals surface area contributed by atoms with E-state index in [0.29, 0.717) is 65.4 Å². The van der Waals surface area contributed by atoms with E-state index >= 15 is 0 Å². The van der Waals surface area contributed by atoms with Gasteiger partial charge in [0.1, 0.15) is 11.4 Å². The number of anilines is 1. The minimum absolute atomic E-state index is 0.217. The van der Waals surface area contributed by atoms with Gasteiger partial charge in [-0.05, 0) is 76.7 Å². The van der Waals surface area contributed by atoms with E-state index in [1.165, 1.54) is 30.2 Å². The lowest BCUT2D eigenvalue weighted by Gasteiger charge is -2.45. The summed E-state index contributed by atoms with van der Waals surface area (Å²) in [6.07, 6.45) is 1.08. The number of alkyl halides is 3. The Hall–Kier alpha value is -3.46. The average Bonchev–Trinajstić information content (AvgIpc) is 3.22. The lowest BCUT2D eigenvalue weighted by Crippen LogP contribution is -2.59. The maximum atomic E-state index is 14.7. The Bertz CT molecular complexity index is 1760. The van der Waals surface area contributed by atoms with Gasteiger partial charge in [-0.1, -0.05) is 6.08 Å². The summed E-state index contributed by atoms with van der Waals surface area (Å²) in [5.41, 5.74) is -0.646. The quantitative estimate of drug-likeness (QED) is 0.344. The van der Waals surface area contributed by atoms with Crippen molar-refractivity contribution < 1.29 is 22.7 Å². The van der Waals surface area contributed by atoms with Gasteiger partial charge in [-0.15, -0.1) is 11.8 Å². The first kappa shape index (κ1) is 34.9. The second-order valence-electron chi connectivity index (χ2n) is 12.7. The number of hydrogen-bond acceptors (Lipinski definition) is 9. The Morgan fingerprint density at radius 3 is 2.38 bits per heavy atom. The molecule has 3 aromatic rings. The molecule has 0 saturated carbocycles. The Balaban J connectivity index is 0.000000549. The van der Waals surface area contributed by atoms with Gasteiger partial charge in [-0.3, -0.25) is 9.47 Å². The maximum absolute atomic E-state index is 14.7. The van der Waals surface area contributed by atoms with E-state index in [-0.39, 0.29) is 29.2 Å². The fourth-order valence-electron chi connectivity index (χ4n) is 6.16. The molecule has 15 heteroatoms. The molecule has 47 heavy (non-hydrogen) atoms. The number of carbonyl (C=O) groups is 1. The first-order chi connectivity index (χ1) is 22.2. The van der Waals surface area contributed by atoms with Gasteiger partial charge < -0.3 is 14.6 Å². The van der Waals surface area contributed by atoms with Crippen LogP contribution in [-0.2, 0) is 17.5 Å². The number of hydrogen-bond donors (Lipinski definition) is 1. The van der Waals surface area contributed by atoms with Crippen molar-refractivity contribution in [2.45, 2.75) is 82.8 Å². The van der Waals surface area contributed by atoms with Crippen LogP contribution in [0.25, 0.3) is 16.5 Å². The SMILES string of the molecule is CC1CN(c2nc(=O)n3c4c(c(C5=CCSCC5)c(C(F)(F)F)cc24)SCCC3)CC(C)N1C(=O)OC(C)(C)C.O=c1nccc[nH]1. The number of benzene rings is 1. The number of halogens is 3. The monoisotopic (exact) mass is 692 g/mol. The third-order valence-electron chi connectivity index (χ3n) is 7.96. The molecular formula is C32H39F3N6O4S2. The first-order valence-corrected chi connectivity index (χ1v) is 17.6. The number of amides is 1. The molecule has 0 aliphatic carbocycles. The third-order valence-corrected chi connectivity index (χ3v) is 10.0. The molecule has 0 spiro atoms. The van der Waals surface area contributed by atoms with Crippen molar-refractivity contribution in [3.63, 3.8) is 0 Å². The van der Waals surface area contributed by atoms with E-state index in [9.17, 15) is 27.6 Å². The average molecular weight is 693 g/mol. The molecule has 2 aromatic heterocycles. The van der Waals surface area contributed by atoms with Crippen molar-refractivity contribution in [2.24, 2.45) is 0 Å². The highest BCUT2D eigenvalue weighted by atomic mass is 32.2. The van der Waals surface area contributed by atoms with Gasteiger partial charge in [0.2, 0.25) is 0 Å². The molecule has 2 atom stereocenters. The van der Waals surface area contributed by atoms with Gasteiger partial charge in [-0.2, -0.15) is 29.9 Å². The van der Waals surface area contributed by atoms with Gasteiger partial charge in [0.25, 0.3) is 0 Å². The molecule has 0 bridgehead atoms. The molecule has 1 aromatic carbocycles. The molecule has 1 fully saturated rings. The lowest BCUT2D eigenvalue weighted by atomic mass is 9.94. The number of ether oxygens (including phenoxy) is 1. The van der Waals surface area contributed by atoms with Crippen molar-refractivity contribution in [1.29, 1.82) is 0 Å². The first-order valence-electron chi connectivity index (χ1n) is 15.5. The molecule has 0 radical (unpaired) electrons. The van der Waals surface area contributed by atoms with Crippen LogP contribution in [0.4, 0.5) is 23.8 Å². The maximum Gasteiger partial charge on any atom is 0.417 e. The molecular weight excluding hydrogens is 654 g/mol. The second-order valence-corrected chi connectivity index (χ2v) is 15.0. The van der Waals surface area contributed by atoms with E-state index in [0.717, 1.165) is 5.75 Å². The summed E-state index contributed by atoms with van der Waals surface area (Å²) in [6.45, 7) is 10.2. The largest absolute Gasteiger partial charge is 0.444 e. The fraction of sp³-hybridized carbons (Fsp3) is 0.531. The standard InChI is InChI=1S/C28H35F3N4O3S2.C4H4N2O/c1-16-14-33(15-17(2)35(16)26(37)38-27(3,4)5)24-19-13-20(28(29,30)31)21(18-7-11-39-12-8-18)23-22(19)34(25(36)32-24)9-6-10-40-23;7-4-5-2-1-3-6-4/h7,13,16-17H,6,8-12,14-15H2,1-5H3;1-3H,(H,5,6,7). The summed E-state index contributed by atoms with van der Waals surface area (Å²) in [5.74, 6) is 2.29. The van der Waals surface area contributed by atoms with Crippen molar-refractivity contribution >= 4 is 51.9 Å². The highest BCUT2D eigenvalue weighted by Crippen LogP contribution is 2.47. The van der Waals surface area contributed by atoms with Gasteiger partial charge in [0, 0.05) is 53.6 Å². The van der Waals surface area contributed by atoms with Crippen LogP contribution in [0, 0.1) is 0 Å². The zero-order valence-corrected chi connectivity index (χ0v) is 28.7. The summed E-state index contributed by atoms with van der Waals surface area (Å²) >= 11 is 3.10. The molecule has 3 aliphatic heterocycles. The zero-order chi connectivity index (χ0) is 34.1. The van der Waals surface area contributed by atoms with E-state index in [1.54, 1.807) is 48.1 Å². The third kappa shape index (κ3) is 7.82. The highest BCUT2D eigenvalue weighted by Gasteiger charge is 2.40. The smallest absolute Gasteiger partial charge is 0.417 e. The summed E-state index contributed by atoms with van der Waals surface area (Å²) in [4.78, 5) is 50.6. The van der Waals surface area contributed by atoms with Crippen LogP contribution in [0.5, 0.6) is 0 Å². The molecule has 10 nitrogen and oxygen atoms in total. The fourth-order valence-corrected chi connectivity index (χ4v) is 8.23. The number of thioether (sulfide) groups is 2. The van der Waals surface area contributed by atoms with Crippen LogP contribution in [0.2, 0.25) is 0 Å². The number of nitrogens with zero attached hydrogens (tertiary/aromatic N) is 5. The van der Waals surface area contributed by atoms with Crippen molar-refractivity contribution in [3.8, 4) is 0 Å². The normalized spacial score (nSPS) is 20.2. The minimum Gasteiger partial charge on any atom is -0.444 e. The number of rotatable bonds is 2. The topological polar surface area (TPSA) is 113 Å². The van der Waals surface area contributed by atoms with Gasteiger partial charge in [0.15, 0.2) is 0 Å². The molecule has 254 valence electrons. The summed E-state index contributed by atoms with van der Waals surface area (Å²) < 4.78 is 51.3. The van der Waals surface area contributed by atoms with Crippen LogP contribution in [0.15, 0.2) is 45.1 Å². The van der Waals surface area contributed by atoms with Gasteiger partial charge >= 0.3 is 23.6 Å². The highest BCUT2D eigenvalue weighted by molar-refractivity contribution is 7.99. The van der Waals surface area contributed by atoms with Crippen LogP contribution in [0.3, 0.4) is 0 Å². The van der Waals surface area contributed by atoms with E-state index in [2.05, 4.69) is 15.0 Å². The van der Waals surface area contributed by atoms with Gasteiger partial charge in [0.05, 0.1) is 23.2 Å². The number of H-pyrrole nitrogens is 1. The number of aryl methyl sites for hydroxylation is 1. The van der Waals surface area contributed by atoms with Gasteiger partial charge in [-0.25, -0.2) is 19.4 Å². The molecule has 1 saturated heterocycles. The van der Waals surface area contributed by atoms with E-state index in [4.69, 9.17) is 4.74 Å². The molecule has 6 rings (SSSR count). The molecule has 1 amide bonds. The molecule has 1 N–H and O–H groups in total. The van der Waals surface area contributed by atoms with E-state index in [1.807, 2.05) is 24.8 Å². The van der Waals surface area contributed by atoms with Crippen molar-refractivity contribution in [2.75, 3.05) is 35.2 Å².